The van der Waals surface area contributed by atoms with Crippen LogP contribution in [0.3, 0.4) is 0 Å². The number of carbonyl (C=O) groups is 1. The summed E-state index contributed by atoms with van der Waals surface area (Å²) in [5, 5.41) is 2.88. The van der Waals surface area contributed by atoms with Crippen molar-refractivity contribution in [3.63, 3.8) is 0 Å². The summed E-state index contributed by atoms with van der Waals surface area (Å²) in [5.41, 5.74) is 3.55. The molecule has 20 heavy (non-hydrogen) atoms. The second-order valence-electron chi connectivity index (χ2n) is 5.10. The van der Waals surface area contributed by atoms with Crippen molar-refractivity contribution >= 4 is 11.6 Å². The number of carbonyl (C=O) groups excluding carboxylic acids is 1. The largest absolute Gasteiger partial charge is 0.352 e. The van der Waals surface area contributed by atoms with Crippen LogP contribution in [0.15, 0.2) is 18.5 Å². The number of nitrogens with zero attached hydrogens (tertiary/aromatic N) is 2. The number of amides is 1. The molecule has 0 bridgehead atoms. The summed E-state index contributed by atoms with van der Waals surface area (Å²) < 4.78 is 0. The molecule has 6 heteroatoms. The van der Waals surface area contributed by atoms with Gasteiger partial charge in [0.05, 0.1) is 11.3 Å². The minimum Gasteiger partial charge on any atom is -0.352 e. The van der Waals surface area contributed by atoms with E-state index in [1.54, 1.807) is 12.3 Å². The standard InChI is InChI=1S/C14H25N5O/c1-11(2)19(3)9-5-4-7-17-14(20)12-10-16-8-6-13(12)18-15/h6,8,10-11H,4-5,7,9,15H2,1-3H3,(H,16,18)(H,17,20). The minimum absolute atomic E-state index is 0.150. The molecule has 1 aromatic heterocycles. The van der Waals surface area contributed by atoms with Gasteiger partial charge in [-0.05, 0) is 46.3 Å². The van der Waals surface area contributed by atoms with Gasteiger partial charge in [-0.3, -0.25) is 15.6 Å². The van der Waals surface area contributed by atoms with Gasteiger partial charge in [0.1, 0.15) is 0 Å². The number of rotatable bonds is 8. The molecule has 4 N–H and O–H groups in total. The molecule has 0 aromatic carbocycles. The van der Waals surface area contributed by atoms with Crippen LogP contribution in [-0.2, 0) is 0 Å². The van der Waals surface area contributed by atoms with E-state index in [1.165, 1.54) is 6.20 Å². The lowest BCUT2D eigenvalue weighted by Gasteiger charge is -2.20. The van der Waals surface area contributed by atoms with Crippen LogP contribution in [0.4, 0.5) is 5.69 Å². The molecule has 0 fully saturated rings. The number of hydrogen-bond acceptors (Lipinski definition) is 5. The lowest BCUT2D eigenvalue weighted by Crippen LogP contribution is -2.29. The zero-order chi connectivity index (χ0) is 15.0. The zero-order valence-corrected chi connectivity index (χ0v) is 12.5. The lowest BCUT2D eigenvalue weighted by molar-refractivity contribution is 0.0953. The van der Waals surface area contributed by atoms with Crippen molar-refractivity contribution in [2.45, 2.75) is 32.7 Å². The van der Waals surface area contributed by atoms with Crippen molar-refractivity contribution in [1.29, 1.82) is 0 Å². The van der Waals surface area contributed by atoms with E-state index in [-0.39, 0.29) is 5.91 Å². The van der Waals surface area contributed by atoms with Gasteiger partial charge in [0.15, 0.2) is 0 Å². The van der Waals surface area contributed by atoms with Gasteiger partial charge in [-0.15, -0.1) is 0 Å². The fraction of sp³-hybridized carbons (Fsp3) is 0.571. The molecule has 0 aliphatic carbocycles. The molecule has 0 radical (unpaired) electrons. The van der Waals surface area contributed by atoms with Crippen molar-refractivity contribution < 1.29 is 4.79 Å². The van der Waals surface area contributed by atoms with Crippen molar-refractivity contribution in [2.75, 3.05) is 25.6 Å². The highest BCUT2D eigenvalue weighted by atomic mass is 16.1. The van der Waals surface area contributed by atoms with Crippen molar-refractivity contribution in [3.05, 3.63) is 24.0 Å². The second kappa shape index (κ2) is 8.50. The molecule has 1 rings (SSSR count). The average Bonchev–Trinajstić information content (AvgIpc) is 2.46. The van der Waals surface area contributed by atoms with Crippen LogP contribution in [0.1, 0.15) is 37.0 Å². The fourth-order valence-electron chi connectivity index (χ4n) is 1.74. The smallest absolute Gasteiger partial charge is 0.255 e. The molecular formula is C14H25N5O. The topological polar surface area (TPSA) is 83.3 Å². The van der Waals surface area contributed by atoms with Crippen LogP contribution < -0.4 is 16.6 Å². The highest BCUT2D eigenvalue weighted by Gasteiger charge is 2.10. The van der Waals surface area contributed by atoms with Crippen LogP contribution in [0, 0.1) is 0 Å². The number of nitrogens with two attached hydrogens (primary N) is 1. The molecule has 1 aromatic rings. The third-order valence-electron chi connectivity index (χ3n) is 3.33. The Hall–Kier alpha value is -1.66. The Bertz CT molecular complexity index is 422. The number of unbranched alkanes of at least 4 members (excludes halogenated alkanes) is 1. The number of hydrazine groups is 1. The molecule has 0 aliphatic rings. The molecule has 0 unspecified atom stereocenters. The maximum Gasteiger partial charge on any atom is 0.255 e. The molecular weight excluding hydrogens is 254 g/mol. The normalized spacial score (nSPS) is 10.9. The maximum atomic E-state index is 12.0. The zero-order valence-electron chi connectivity index (χ0n) is 12.5. The highest BCUT2D eigenvalue weighted by molar-refractivity contribution is 5.99. The first kappa shape index (κ1) is 16.4. The van der Waals surface area contributed by atoms with E-state index in [1.807, 2.05) is 0 Å². The fourth-order valence-corrected chi connectivity index (χ4v) is 1.74. The Morgan fingerprint density at radius 1 is 1.45 bits per heavy atom. The van der Waals surface area contributed by atoms with Crippen molar-refractivity contribution in [1.82, 2.24) is 15.2 Å². The SMILES string of the molecule is CC(C)N(C)CCCCNC(=O)c1cnccc1NN. The molecule has 0 atom stereocenters. The maximum absolute atomic E-state index is 12.0. The molecule has 0 saturated carbocycles. The van der Waals surface area contributed by atoms with Crippen LogP contribution >= 0.6 is 0 Å². The summed E-state index contributed by atoms with van der Waals surface area (Å²) >= 11 is 0. The van der Waals surface area contributed by atoms with Crippen LogP contribution in [-0.4, -0.2) is 42.0 Å². The molecule has 0 spiro atoms. The molecule has 112 valence electrons. The van der Waals surface area contributed by atoms with Gasteiger partial charge in [0, 0.05) is 25.0 Å². The first-order valence-corrected chi connectivity index (χ1v) is 6.95. The second-order valence-corrected chi connectivity index (χ2v) is 5.10. The highest BCUT2D eigenvalue weighted by Crippen LogP contribution is 2.11. The lowest BCUT2D eigenvalue weighted by atomic mass is 10.2. The predicted molar refractivity (Wildman–Crippen MR) is 81.4 cm³/mol. The molecule has 1 amide bonds. The first-order chi connectivity index (χ1) is 9.56. The summed E-state index contributed by atoms with van der Waals surface area (Å²) in [6.07, 6.45) is 5.11. The van der Waals surface area contributed by atoms with Gasteiger partial charge in [0.2, 0.25) is 0 Å². The van der Waals surface area contributed by atoms with E-state index >= 15 is 0 Å². The number of anilines is 1. The summed E-state index contributed by atoms with van der Waals surface area (Å²) in [4.78, 5) is 18.2. The Kier molecular flexibility index (Phi) is 6.97. The predicted octanol–water partition coefficient (Wildman–Crippen LogP) is 1.22. The summed E-state index contributed by atoms with van der Waals surface area (Å²) in [6, 6.07) is 2.23. The summed E-state index contributed by atoms with van der Waals surface area (Å²) in [6.45, 7) is 6.04. The van der Waals surface area contributed by atoms with Gasteiger partial charge in [-0.25, -0.2) is 0 Å². The number of pyridine rings is 1. The van der Waals surface area contributed by atoms with E-state index in [9.17, 15) is 4.79 Å². The van der Waals surface area contributed by atoms with E-state index in [0.717, 1.165) is 19.4 Å². The summed E-state index contributed by atoms with van der Waals surface area (Å²) in [7, 11) is 2.11. The minimum atomic E-state index is -0.150. The van der Waals surface area contributed by atoms with Gasteiger partial charge in [-0.2, -0.15) is 0 Å². The van der Waals surface area contributed by atoms with Crippen molar-refractivity contribution in [3.8, 4) is 0 Å². The van der Waals surface area contributed by atoms with E-state index in [0.29, 0.717) is 23.8 Å². The summed E-state index contributed by atoms with van der Waals surface area (Å²) in [5.74, 6) is 5.21. The van der Waals surface area contributed by atoms with Gasteiger partial charge in [-0.1, -0.05) is 0 Å². The Morgan fingerprint density at radius 2 is 2.20 bits per heavy atom. The van der Waals surface area contributed by atoms with Crippen LogP contribution in [0.25, 0.3) is 0 Å². The number of nitrogens with one attached hydrogen (secondary N) is 2. The van der Waals surface area contributed by atoms with Crippen LogP contribution in [0.5, 0.6) is 0 Å². The third kappa shape index (κ3) is 5.14. The van der Waals surface area contributed by atoms with Gasteiger partial charge >= 0.3 is 0 Å². The third-order valence-corrected chi connectivity index (χ3v) is 3.33. The number of aromatic nitrogens is 1. The molecule has 6 nitrogen and oxygen atoms in total. The number of hydrogen-bond donors (Lipinski definition) is 3. The van der Waals surface area contributed by atoms with Gasteiger partial charge < -0.3 is 15.6 Å². The van der Waals surface area contributed by atoms with E-state index in [4.69, 9.17) is 5.84 Å². The molecule has 0 aliphatic heterocycles. The average molecular weight is 279 g/mol. The Balaban J connectivity index is 2.30. The van der Waals surface area contributed by atoms with E-state index < -0.39 is 0 Å². The van der Waals surface area contributed by atoms with Gasteiger partial charge in [0.25, 0.3) is 5.91 Å². The quantitative estimate of drug-likeness (QED) is 0.378. The monoisotopic (exact) mass is 279 g/mol. The first-order valence-electron chi connectivity index (χ1n) is 6.95. The van der Waals surface area contributed by atoms with Crippen LogP contribution in [0.2, 0.25) is 0 Å². The Morgan fingerprint density at radius 3 is 2.85 bits per heavy atom. The van der Waals surface area contributed by atoms with Crippen molar-refractivity contribution in [2.24, 2.45) is 5.84 Å². The molecule has 1 heterocycles. The Labute approximate surface area is 120 Å². The number of nitrogen functional groups attached to an aromatic ring is 1. The van der Waals surface area contributed by atoms with E-state index in [2.05, 4.69) is 41.5 Å². The molecule has 0 saturated heterocycles.